The highest BCUT2D eigenvalue weighted by Crippen LogP contribution is 2.61. The van der Waals surface area contributed by atoms with Crippen LogP contribution in [0.1, 0.15) is 54.6 Å². The van der Waals surface area contributed by atoms with Gasteiger partial charge in [-0.15, -0.1) is 0 Å². The highest BCUT2D eigenvalue weighted by molar-refractivity contribution is 6.31. The van der Waals surface area contributed by atoms with Crippen molar-refractivity contribution in [2.24, 2.45) is 5.41 Å². The second kappa shape index (κ2) is 10.2. The van der Waals surface area contributed by atoms with E-state index in [0.717, 1.165) is 0 Å². The van der Waals surface area contributed by atoms with Gasteiger partial charge in [0.1, 0.15) is 22.5 Å². The van der Waals surface area contributed by atoms with E-state index in [0.29, 0.717) is 28.4 Å². The van der Waals surface area contributed by atoms with Crippen LogP contribution in [0.2, 0.25) is 10.0 Å². The predicted octanol–water partition coefficient (Wildman–Crippen LogP) is 6.31. The molecule has 0 aliphatic carbocycles. The molecule has 6 rings (SSSR count). The number of anilines is 2. The maximum atomic E-state index is 16.0. The Kier molecular flexibility index (Phi) is 6.99. The molecule has 1 spiro atoms. The molecule has 2 amide bonds. The fourth-order valence-electron chi connectivity index (χ4n) is 7.20. The number of nitrogens with zero attached hydrogens (tertiary/aromatic N) is 2. The van der Waals surface area contributed by atoms with Crippen LogP contribution >= 0.6 is 23.2 Å². The number of amides is 2. The minimum absolute atomic E-state index is 0.0419. The number of hydrogen-bond donors (Lipinski definition) is 2. The molecule has 11 heteroatoms. The Bertz CT molecular complexity index is 1690. The van der Waals surface area contributed by atoms with Gasteiger partial charge in [-0.2, -0.15) is 0 Å². The molecule has 2 N–H and O–H groups in total. The number of benzene rings is 3. The van der Waals surface area contributed by atoms with Crippen molar-refractivity contribution in [3.8, 4) is 5.75 Å². The van der Waals surface area contributed by atoms with Crippen LogP contribution in [0.5, 0.6) is 5.75 Å². The molecule has 3 aliphatic heterocycles. The van der Waals surface area contributed by atoms with Crippen LogP contribution in [-0.2, 0) is 15.0 Å². The van der Waals surface area contributed by atoms with E-state index in [4.69, 9.17) is 27.9 Å². The lowest BCUT2D eigenvalue weighted by molar-refractivity contribution is -0.122. The first-order valence-electron chi connectivity index (χ1n) is 13.8. The van der Waals surface area contributed by atoms with Crippen LogP contribution in [0.3, 0.4) is 0 Å². The number of carboxylic acid groups (broad SMARTS) is 1. The molecule has 3 aromatic carbocycles. The second-order valence-corrected chi connectivity index (χ2v) is 13.3. The van der Waals surface area contributed by atoms with E-state index in [1.807, 2.05) is 4.90 Å². The molecule has 3 aliphatic rings. The maximum Gasteiger partial charge on any atom is 0.339 e. The van der Waals surface area contributed by atoms with Crippen molar-refractivity contribution >= 4 is 52.4 Å². The number of fused-ring (bicyclic) bond motifs is 3. The summed E-state index contributed by atoms with van der Waals surface area (Å²) in [6.45, 7) is 6.27. The quantitative estimate of drug-likeness (QED) is 0.345. The summed E-state index contributed by atoms with van der Waals surface area (Å²) in [4.78, 5) is 44.1. The summed E-state index contributed by atoms with van der Waals surface area (Å²) in [5, 5.41) is 12.9. The summed E-state index contributed by atoms with van der Waals surface area (Å²) in [7, 11) is 1.36. The summed E-state index contributed by atoms with van der Waals surface area (Å²) in [6, 6.07) is 12.8. The molecule has 0 saturated carbocycles. The van der Waals surface area contributed by atoms with Gasteiger partial charge < -0.3 is 15.2 Å². The molecule has 4 atom stereocenters. The van der Waals surface area contributed by atoms with Crippen molar-refractivity contribution in [1.82, 2.24) is 4.90 Å². The van der Waals surface area contributed by atoms with Crippen molar-refractivity contribution in [3.63, 3.8) is 0 Å². The topological polar surface area (TPSA) is 99.2 Å². The normalized spacial score (nSPS) is 24.8. The average Bonchev–Trinajstić information content (AvgIpc) is 3.52. The Labute approximate surface area is 258 Å². The van der Waals surface area contributed by atoms with E-state index in [-0.39, 0.29) is 45.8 Å². The molecule has 0 radical (unpaired) electrons. The molecule has 3 aromatic rings. The van der Waals surface area contributed by atoms with Crippen LogP contribution in [-0.4, -0.2) is 53.7 Å². The molecule has 0 bridgehead atoms. The van der Waals surface area contributed by atoms with Crippen molar-refractivity contribution in [2.45, 2.75) is 50.6 Å². The van der Waals surface area contributed by atoms with Crippen molar-refractivity contribution < 1.29 is 28.6 Å². The summed E-state index contributed by atoms with van der Waals surface area (Å²) in [5.74, 6) is -3.36. The van der Waals surface area contributed by atoms with Crippen molar-refractivity contribution in [2.75, 3.05) is 24.0 Å². The van der Waals surface area contributed by atoms with E-state index >= 15 is 4.39 Å². The third kappa shape index (κ3) is 4.39. The number of ether oxygens (including phenoxy) is 1. The summed E-state index contributed by atoms with van der Waals surface area (Å²) in [5.41, 5.74) is 0.118. The van der Waals surface area contributed by atoms with Gasteiger partial charge in [0.2, 0.25) is 11.8 Å². The zero-order chi connectivity index (χ0) is 31.0. The minimum atomic E-state index is -1.34. The number of carbonyl (C=O) groups excluding carboxylic acids is 2. The number of carbonyl (C=O) groups is 3. The lowest BCUT2D eigenvalue weighted by Crippen LogP contribution is -2.52. The fraction of sp³-hybridized carbons (Fsp3) is 0.344. The average molecular weight is 627 g/mol. The number of rotatable bonds is 5. The second-order valence-electron chi connectivity index (χ2n) is 12.5. The first-order valence-corrected chi connectivity index (χ1v) is 14.6. The summed E-state index contributed by atoms with van der Waals surface area (Å²) in [6.07, 6.45) is 0.500. The Morgan fingerprint density at radius 3 is 2.56 bits per heavy atom. The fourth-order valence-corrected chi connectivity index (χ4v) is 7.56. The molecule has 224 valence electrons. The van der Waals surface area contributed by atoms with Gasteiger partial charge in [-0.05, 0) is 53.3 Å². The number of hydrogen-bond acceptors (Lipinski definition) is 5. The standard InChI is InChI=1S/C32H30Cl2FN3O5/c1-31(2,3)14-24-32(20-11-8-16(33)12-22(20)36-30(32)42)25(19-6-5-7-21(34)26(19)35)27-28(39)37(15-38(24)27)17-9-10-18(29(40)41)23(13-17)43-4/h5-13,24-25,27H,14-15H2,1-4H3,(H,36,42)(H,40,41)/t24-,25-,27+,32+/m1/s1. The maximum absolute atomic E-state index is 16.0. The Hall–Kier alpha value is -3.66. The SMILES string of the molecule is COc1cc(N2CN3[C@H](C2=O)[C@@H](c2cccc(Cl)c2F)[C@@]2(C(=O)Nc4cc(Cl)ccc42)[C@H]3CC(C)(C)C)ccc1C(=O)O. The van der Waals surface area contributed by atoms with Crippen LogP contribution in [0.4, 0.5) is 15.8 Å². The van der Waals surface area contributed by atoms with Gasteiger partial charge in [0.05, 0.1) is 24.8 Å². The molecule has 2 fully saturated rings. The van der Waals surface area contributed by atoms with Crippen LogP contribution < -0.4 is 15.0 Å². The molecule has 2 saturated heterocycles. The lowest BCUT2D eigenvalue weighted by atomic mass is 9.62. The van der Waals surface area contributed by atoms with Gasteiger partial charge in [-0.25, -0.2) is 9.18 Å². The van der Waals surface area contributed by atoms with Gasteiger partial charge >= 0.3 is 5.97 Å². The lowest BCUT2D eigenvalue weighted by Gasteiger charge is -2.40. The predicted molar refractivity (Wildman–Crippen MR) is 162 cm³/mol. The number of nitrogens with one attached hydrogen (secondary N) is 1. The third-order valence-corrected chi connectivity index (χ3v) is 9.34. The Balaban J connectivity index is 1.59. The van der Waals surface area contributed by atoms with E-state index in [1.165, 1.54) is 30.2 Å². The number of aromatic carboxylic acids is 1. The van der Waals surface area contributed by atoms with E-state index < -0.39 is 35.2 Å². The van der Waals surface area contributed by atoms with Crippen molar-refractivity contribution in [1.29, 1.82) is 0 Å². The Morgan fingerprint density at radius 2 is 1.88 bits per heavy atom. The summed E-state index contributed by atoms with van der Waals surface area (Å²) >= 11 is 12.6. The largest absolute Gasteiger partial charge is 0.496 e. The third-order valence-electron chi connectivity index (χ3n) is 8.81. The highest BCUT2D eigenvalue weighted by atomic mass is 35.5. The molecule has 0 aromatic heterocycles. The summed E-state index contributed by atoms with van der Waals surface area (Å²) < 4.78 is 21.4. The van der Waals surface area contributed by atoms with Gasteiger partial charge in [-0.3, -0.25) is 19.4 Å². The first-order chi connectivity index (χ1) is 20.3. The molecular weight excluding hydrogens is 596 g/mol. The number of methoxy groups -OCH3 is 1. The van der Waals surface area contributed by atoms with E-state index in [2.05, 4.69) is 26.1 Å². The number of carboxylic acids is 1. The number of halogens is 3. The first kappa shape index (κ1) is 29.4. The smallest absolute Gasteiger partial charge is 0.339 e. The van der Waals surface area contributed by atoms with Crippen LogP contribution in [0, 0.1) is 11.2 Å². The van der Waals surface area contributed by atoms with Gasteiger partial charge in [0, 0.05) is 34.4 Å². The highest BCUT2D eigenvalue weighted by Gasteiger charge is 2.71. The molecular formula is C32H30Cl2FN3O5. The van der Waals surface area contributed by atoms with Crippen molar-refractivity contribution in [3.05, 3.63) is 87.2 Å². The molecule has 8 nitrogen and oxygen atoms in total. The molecule has 43 heavy (non-hydrogen) atoms. The minimum Gasteiger partial charge on any atom is -0.496 e. The molecule has 0 unspecified atom stereocenters. The van der Waals surface area contributed by atoms with Crippen LogP contribution in [0.25, 0.3) is 0 Å². The zero-order valence-electron chi connectivity index (χ0n) is 24.0. The monoisotopic (exact) mass is 625 g/mol. The zero-order valence-corrected chi connectivity index (χ0v) is 25.5. The van der Waals surface area contributed by atoms with Gasteiger partial charge in [0.15, 0.2) is 0 Å². The molecule has 3 heterocycles. The van der Waals surface area contributed by atoms with E-state index in [9.17, 15) is 19.5 Å². The van der Waals surface area contributed by atoms with Crippen LogP contribution in [0.15, 0.2) is 54.6 Å². The van der Waals surface area contributed by atoms with E-state index in [1.54, 1.807) is 36.4 Å². The Morgan fingerprint density at radius 1 is 1.14 bits per heavy atom. The van der Waals surface area contributed by atoms with Gasteiger partial charge in [-0.1, -0.05) is 62.2 Å². The van der Waals surface area contributed by atoms with Gasteiger partial charge in [0.25, 0.3) is 0 Å².